The fourth-order valence-corrected chi connectivity index (χ4v) is 3.51. The Balaban J connectivity index is 1.52. The van der Waals surface area contributed by atoms with Crippen molar-refractivity contribution in [2.75, 3.05) is 12.3 Å². The molecule has 3 rings (SSSR count). The zero-order chi connectivity index (χ0) is 22.4. The molecule has 0 spiro atoms. The van der Waals surface area contributed by atoms with Crippen LogP contribution in [0.4, 0.5) is 10.1 Å². The fraction of sp³-hybridized carbons (Fsp3) is 0.200. The number of nitrogens with zero attached hydrogens (tertiary/aromatic N) is 4. The number of carbonyl (C=O) groups is 2. The van der Waals surface area contributed by atoms with Crippen molar-refractivity contribution in [2.45, 2.75) is 11.6 Å². The maximum Gasteiger partial charge on any atom is 0.270 e. The second kappa shape index (κ2) is 9.94. The Morgan fingerprint density at radius 1 is 1.16 bits per heavy atom. The molecule has 1 heterocycles. The van der Waals surface area contributed by atoms with Gasteiger partial charge in [0.05, 0.1) is 10.7 Å². The highest BCUT2D eigenvalue weighted by Gasteiger charge is 2.15. The monoisotopic (exact) mass is 443 g/mol. The number of carbonyl (C=O) groups excluding carboxylic acids is 2. The van der Waals surface area contributed by atoms with Crippen LogP contribution in [0.1, 0.15) is 26.5 Å². The Morgan fingerprint density at radius 3 is 2.61 bits per heavy atom. The van der Waals surface area contributed by atoms with Gasteiger partial charge >= 0.3 is 0 Å². The number of Topliss-reactive ketones (excluding diaryl/α,β-unsaturated/α-hetero) is 1. The van der Waals surface area contributed by atoms with Crippen LogP contribution in [-0.2, 0) is 13.5 Å². The molecule has 0 radical (unpaired) electrons. The number of benzene rings is 2. The Labute approximate surface area is 180 Å². The Morgan fingerprint density at radius 2 is 1.90 bits per heavy atom. The third-order valence-corrected chi connectivity index (χ3v) is 5.40. The molecular weight excluding hydrogens is 425 g/mol. The van der Waals surface area contributed by atoms with Gasteiger partial charge < -0.3 is 9.88 Å². The molecule has 0 aliphatic carbocycles. The summed E-state index contributed by atoms with van der Waals surface area (Å²) >= 11 is 1.17. The van der Waals surface area contributed by atoms with E-state index in [1.807, 2.05) is 0 Å². The topological polar surface area (TPSA) is 120 Å². The average molecular weight is 443 g/mol. The Bertz CT molecular complexity index is 1120. The van der Waals surface area contributed by atoms with Gasteiger partial charge in [-0.3, -0.25) is 19.7 Å². The Kier molecular flexibility index (Phi) is 7.08. The van der Waals surface area contributed by atoms with Crippen LogP contribution < -0.4 is 5.32 Å². The van der Waals surface area contributed by atoms with Gasteiger partial charge in [-0.15, -0.1) is 10.2 Å². The molecule has 1 N–H and O–H groups in total. The van der Waals surface area contributed by atoms with Crippen LogP contribution >= 0.6 is 11.8 Å². The van der Waals surface area contributed by atoms with E-state index in [2.05, 4.69) is 15.5 Å². The molecule has 0 fully saturated rings. The summed E-state index contributed by atoms with van der Waals surface area (Å²) in [6, 6.07) is 10.8. The molecule has 0 bridgehead atoms. The number of non-ortho nitro benzene ring substituents is 1. The van der Waals surface area contributed by atoms with Crippen molar-refractivity contribution in [2.24, 2.45) is 7.05 Å². The fourth-order valence-electron chi connectivity index (χ4n) is 2.69. The van der Waals surface area contributed by atoms with Gasteiger partial charge in [0.1, 0.15) is 11.6 Å². The summed E-state index contributed by atoms with van der Waals surface area (Å²) in [5.74, 6) is -0.326. The highest BCUT2D eigenvalue weighted by molar-refractivity contribution is 7.99. The first-order valence-electron chi connectivity index (χ1n) is 9.17. The van der Waals surface area contributed by atoms with Crippen molar-refractivity contribution in [1.29, 1.82) is 0 Å². The van der Waals surface area contributed by atoms with Crippen molar-refractivity contribution >= 4 is 29.1 Å². The van der Waals surface area contributed by atoms with Gasteiger partial charge in [0.25, 0.3) is 11.6 Å². The lowest BCUT2D eigenvalue weighted by molar-refractivity contribution is -0.384. The summed E-state index contributed by atoms with van der Waals surface area (Å²) in [5.41, 5.74) is 0.474. The first-order chi connectivity index (χ1) is 14.8. The van der Waals surface area contributed by atoms with Crippen molar-refractivity contribution in [1.82, 2.24) is 20.1 Å². The molecule has 0 unspecified atom stereocenters. The molecule has 2 aromatic carbocycles. The molecule has 0 saturated carbocycles. The molecule has 0 atom stereocenters. The van der Waals surface area contributed by atoms with Gasteiger partial charge in [0, 0.05) is 43.3 Å². The predicted octanol–water partition coefficient (Wildman–Crippen LogP) is 2.81. The highest BCUT2D eigenvalue weighted by Crippen LogP contribution is 2.19. The van der Waals surface area contributed by atoms with E-state index in [0.717, 1.165) is 0 Å². The van der Waals surface area contributed by atoms with E-state index in [1.165, 1.54) is 60.3 Å². The molecule has 160 valence electrons. The lowest BCUT2D eigenvalue weighted by Crippen LogP contribution is -2.26. The van der Waals surface area contributed by atoms with Crippen molar-refractivity contribution in [3.63, 3.8) is 0 Å². The van der Waals surface area contributed by atoms with Gasteiger partial charge in [0.15, 0.2) is 10.9 Å². The van der Waals surface area contributed by atoms with Crippen LogP contribution in [0.2, 0.25) is 0 Å². The van der Waals surface area contributed by atoms with E-state index in [1.54, 1.807) is 11.6 Å². The molecular formula is C20H18FN5O4S. The van der Waals surface area contributed by atoms with E-state index >= 15 is 0 Å². The normalized spacial score (nSPS) is 10.6. The quantitative estimate of drug-likeness (QED) is 0.234. The highest BCUT2D eigenvalue weighted by atomic mass is 32.2. The first kappa shape index (κ1) is 22.1. The van der Waals surface area contributed by atoms with Gasteiger partial charge in [-0.05, 0) is 24.3 Å². The molecule has 31 heavy (non-hydrogen) atoms. The third kappa shape index (κ3) is 5.72. The average Bonchev–Trinajstić information content (AvgIpc) is 3.12. The van der Waals surface area contributed by atoms with E-state index in [0.29, 0.717) is 29.5 Å². The maximum atomic E-state index is 12.9. The number of amides is 1. The Hall–Kier alpha value is -3.60. The lowest BCUT2D eigenvalue weighted by atomic mass is 10.1. The number of rotatable bonds is 9. The van der Waals surface area contributed by atoms with Crippen LogP contribution in [0, 0.1) is 15.9 Å². The number of halogens is 1. The minimum atomic E-state index is -0.548. The molecule has 0 aliphatic heterocycles. The number of hydrogen-bond acceptors (Lipinski definition) is 7. The van der Waals surface area contributed by atoms with E-state index < -0.39 is 10.7 Å². The minimum Gasteiger partial charge on any atom is -0.352 e. The smallest absolute Gasteiger partial charge is 0.270 e. The number of ketones is 1. The summed E-state index contributed by atoms with van der Waals surface area (Å²) in [5, 5.41) is 22.2. The minimum absolute atomic E-state index is 0.0500. The van der Waals surface area contributed by atoms with E-state index in [4.69, 9.17) is 0 Å². The van der Waals surface area contributed by atoms with Gasteiger partial charge in [-0.25, -0.2) is 4.39 Å². The molecule has 0 saturated heterocycles. The zero-order valence-electron chi connectivity index (χ0n) is 16.4. The van der Waals surface area contributed by atoms with Crippen LogP contribution in [-0.4, -0.2) is 43.7 Å². The predicted molar refractivity (Wildman–Crippen MR) is 112 cm³/mol. The molecule has 0 aliphatic rings. The van der Waals surface area contributed by atoms with Gasteiger partial charge in [-0.2, -0.15) is 0 Å². The second-order valence-corrected chi connectivity index (χ2v) is 7.43. The summed E-state index contributed by atoms with van der Waals surface area (Å²) in [7, 11) is 1.75. The van der Waals surface area contributed by atoms with E-state index in [9.17, 15) is 24.1 Å². The number of nitrogens with one attached hydrogen (secondary N) is 1. The van der Waals surface area contributed by atoms with E-state index in [-0.39, 0.29) is 28.7 Å². The van der Waals surface area contributed by atoms with Crippen LogP contribution in [0.5, 0.6) is 0 Å². The second-order valence-electron chi connectivity index (χ2n) is 6.49. The van der Waals surface area contributed by atoms with Crippen LogP contribution in [0.3, 0.4) is 0 Å². The van der Waals surface area contributed by atoms with Crippen molar-refractivity contribution < 1.29 is 18.9 Å². The third-order valence-electron chi connectivity index (χ3n) is 4.38. The zero-order valence-corrected chi connectivity index (χ0v) is 17.3. The summed E-state index contributed by atoms with van der Waals surface area (Å²) in [6.07, 6.45) is 0.413. The number of hydrogen-bond donors (Lipinski definition) is 1. The molecule has 1 aromatic heterocycles. The molecule has 11 heteroatoms. The first-order valence-corrected chi connectivity index (χ1v) is 10.2. The number of nitro benzene ring substituents is 1. The van der Waals surface area contributed by atoms with Crippen LogP contribution in [0.15, 0.2) is 53.7 Å². The maximum absolute atomic E-state index is 12.9. The largest absolute Gasteiger partial charge is 0.352 e. The number of thioether (sulfide) groups is 1. The van der Waals surface area contributed by atoms with Crippen LogP contribution in [0.25, 0.3) is 0 Å². The summed E-state index contributed by atoms with van der Waals surface area (Å²) in [4.78, 5) is 34.7. The number of nitro groups is 1. The van der Waals surface area contributed by atoms with Gasteiger partial charge in [0.2, 0.25) is 0 Å². The van der Waals surface area contributed by atoms with Crippen molar-refractivity contribution in [3.8, 4) is 0 Å². The standard InChI is InChI=1S/C20H18FN5O4S/c1-25-18(9-10-22-19(28)13-5-7-15(21)8-6-13)23-24-20(25)31-12-17(27)14-3-2-4-16(11-14)26(29)30/h2-8,11H,9-10,12H2,1H3,(H,22,28). The molecule has 1 amide bonds. The van der Waals surface area contributed by atoms with Gasteiger partial charge in [-0.1, -0.05) is 23.9 Å². The molecule has 9 nitrogen and oxygen atoms in total. The lowest BCUT2D eigenvalue weighted by Gasteiger charge is -2.06. The number of aromatic nitrogens is 3. The molecule has 3 aromatic rings. The summed E-state index contributed by atoms with van der Waals surface area (Å²) < 4.78 is 14.6. The SMILES string of the molecule is Cn1c(CCNC(=O)c2ccc(F)cc2)nnc1SCC(=O)c1cccc([N+](=O)[O-])c1. The van der Waals surface area contributed by atoms with Crippen molar-refractivity contribution in [3.05, 3.63) is 81.4 Å². The summed E-state index contributed by atoms with van der Waals surface area (Å²) in [6.45, 7) is 0.305.